The van der Waals surface area contributed by atoms with Crippen molar-refractivity contribution in [2.75, 3.05) is 13.2 Å². The molecule has 0 aliphatic carbocycles. The van der Waals surface area contributed by atoms with Gasteiger partial charge < -0.3 is 15.4 Å². The third-order valence-electron chi connectivity index (χ3n) is 4.07. The van der Waals surface area contributed by atoms with Crippen LogP contribution in [0, 0.1) is 5.92 Å². The fraction of sp³-hybridized carbons (Fsp3) is 0.333. The Kier molecular flexibility index (Phi) is 2.78. The second-order valence-electron chi connectivity index (χ2n) is 5.15. The lowest BCUT2D eigenvalue weighted by Crippen LogP contribution is -2.58. The molecule has 0 radical (unpaired) electrons. The molecule has 2 atom stereocenters. The smallest absolute Gasteiger partial charge is 0.346 e. The van der Waals surface area contributed by atoms with Crippen LogP contribution in [-0.4, -0.2) is 29.9 Å². The molecule has 104 valence electrons. The summed E-state index contributed by atoms with van der Waals surface area (Å²) in [7, 11) is 0. The molecule has 1 spiro atoms. The maximum absolute atomic E-state index is 12.2. The van der Waals surface area contributed by atoms with Crippen LogP contribution < -0.4 is 10.5 Å². The van der Waals surface area contributed by atoms with Gasteiger partial charge in [0.25, 0.3) is 0 Å². The average Bonchev–Trinajstić information content (AvgIpc) is 2.68. The molecule has 1 aromatic rings. The summed E-state index contributed by atoms with van der Waals surface area (Å²) < 4.78 is 5.76. The maximum atomic E-state index is 12.2. The summed E-state index contributed by atoms with van der Waals surface area (Å²) in [6, 6.07) is 7.35. The number of amides is 2. The number of ether oxygens (including phenoxy) is 1. The summed E-state index contributed by atoms with van der Waals surface area (Å²) in [6.07, 6.45) is 1.69. The van der Waals surface area contributed by atoms with Gasteiger partial charge in [0, 0.05) is 18.0 Å². The largest absolute Gasteiger partial charge is 0.493 e. The van der Waals surface area contributed by atoms with Gasteiger partial charge in [0.2, 0.25) is 0 Å². The van der Waals surface area contributed by atoms with Crippen LogP contribution in [0.5, 0.6) is 5.75 Å². The Bertz CT molecular complexity index is 611. The lowest BCUT2D eigenvalue weighted by atomic mass is 9.75. The first-order chi connectivity index (χ1) is 9.62. The number of amidine groups is 1. The topological polar surface area (TPSA) is 67.9 Å². The van der Waals surface area contributed by atoms with E-state index in [4.69, 9.17) is 10.5 Å². The average molecular weight is 271 g/mol. The van der Waals surface area contributed by atoms with E-state index in [0.29, 0.717) is 19.0 Å². The van der Waals surface area contributed by atoms with Crippen molar-refractivity contribution in [1.82, 2.24) is 4.90 Å². The van der Waals surface area contributed by atoms with Crippen molar-refractivity contribution in [3.63, 3.8) is 0 Å². The minimum Gasteiger partial charge on any atom is -0.493 e. The van der Waals surface area contributed by atoms with Crippen molar-refractivity contribution < 1.29 is 9.53 Å². The first-order valence-corrected chi connectivity index (χ1v) is 6.61. The standard InChI is InChI=1S/C15H17N3O2/c1-3-8-18-14(19)17-13(16)15(18)10(2)9-20-12-7-5-4-6-11(12)15/h3-7,10H,1,8-9H2,2H3,(H2,16,17,19). The van der Waals surface area contributed by atoms with Crippen LogP contribution in [0.2, 0.25) is 0 Å². The van der Waals surface area contributed by atoms with Gasteiger partial charge >= 0.3 is 6.03 Å². The summed E-state index contributed by atoms with van der Waals surface area (Å²) in [5.74, 6) is 1.12. The van der Waals surface area contributed by atoms with Gasteiger partial charge in [0.1, 0.15) is 17.1 Å². The Morgan fingerprint density at radius 1 is 1.60 bits per heavy atom. The van der Waals surface area contributed by atoms with E-state index in [1.165, 1.54) is 0 Å². The Balaban J connectivity index is 2.25. The number of nitrogens with two attached hydrogens (primary N) is 1. The first-order valence-electron chi connectivity index (χ1n) is 6.61. The van der Waals surface area contributed by atoms with Crippen LogP contribution in [0.3, 0.4) is 0 Å². The van der Waals surface area contributed by atoms with Gasteiger partial charge in [-0.1, -0.05) is 31.2 Å². The fourth-order valence-corrected chi connectivity index (χ4v) is 3.20. The third kappa shape index (κ3) is 1.43. The van der Waals surface area contributed by atoms with Crippen LogP contribution >= 0.6 is 0 Å². The fourth-order valence-electron chi connectivity index (χ4n) is 3.20. The number of aliphatic imine (C=N–C) groups is 1. The van der Waals surface area contributed by atoms with Crippen molar-refractivity contribution in [2.24, 2.45) is 16.6 Å². The van der Waals surface area contributed by atoms with E-state index in [2.05, 4.69) is 11.6 Å². The minimum atomic E-state index is -0.722. The van der Waals surface area contributed by atoms with Gasteiger partial charge in [-0.3, -0.25) is 0 Å². The highest BCUT2D eigenvalue weighted by Gasteiger charge is 2.56. The Labute approximate surface area is 117 Å². The molecule has 1 aromatic carbocycles. The van der Waals surface area contributed by atoms with E-state index in [1.54, 1.807) is 11.0 Å². The predicted octanol–water partition coefficient (Wildman–Crippen LogP) is 1.89. The van der Waals surface area contributed by atoms with Crippen LogP contribution in [0.15, 0.2) is 41.9 Å². The van der Waals surface area contributed by atoms with Gasteiger partial charge in [-0.25, -0.2) is 4.79 Å². The second kappa shape index (κ2) is 4.37. The molecule has 2 unspecified atom stereocenters. The third-order valence-corrected chi connectivity index (χ3v) is 4.07. The molecule has 3 rings (SSSR count). The van der Waals surface area contributed by atoms with Crippen molar-refractivity contribution in [3.8, 4) is 5.75 Å². The number of nitrogens with zero attached hydrogens (tertiary/aromatic N) is 2. The zero-order chi connectivity index (χ0) is 14.3. The summed E-state index contributed by atoms with van der Waals surface area (Å²) in [5, 5.41) is 0. The second-order valence-corrected chi connectivity index (χ2v) is 5.15. The van der Waals surface area contributed by atoms with E-state index in [1.807, 2.05) is 31.2 Å². The van der Waals surface area contributed by atoms with E-state index in [-0.39, 0.29) is 11.9 Å². The molecule has 2 N–H and O–H groups in total. The molecule has 5 nitrogen and oxygen atoms in total. The normalized spacial score (nSPS) is 28.1. The quantitative estimate of drug-likeness (QED) is 0.835. The zero-order valence-corrected chi connectivity index (χ0v) is 11.4. The van der Waals surface area contributed by atoms with Gasteiger partial charge in [-0.2, -0.15) is 4.99 Å². The Hall–Kier alpha value is -2.30. The number of benzene rings is 1. The lowest BCUT2D eigenvalue weighted by molar-refractivity contribution is 0.0875. The number of carbonyl (C=O) groups is 1. The number of carbonyl (C=O) groups excluding carboxylic acids is 1. The van der Waals surface area contributed by atoms with Crippen LogP contribution in [0.1, 0.15) is 12.5 Å². The molecule has 2 amide bonds. The Morgan fingerprint density at radius 3 is 3.10 bits per heavy atom. The highest BCUT2D eigenvalue weighted by Crippen LogP contribution is 2.47. The van der Waals surface area contributed by atoms with Crippen molar-refractivity contribution >= 4 is 11.9 Å². The van der Waals surface area contributed by atoms with Gasteiger partial charge in [0.15, 0.2) is 0 Å². The van der Waals surface area contributed by atoms with Crippen LogP contribution in [-0.2, 0) is 5.54 Å². The van der Waals surface area contributed by atoms with Crippen molar-refractivity contribution in [3.05, 3.63) is 42.5 Å². The highest BCUT2D eigenvalue weighted by atomic mass is 16.5. The molecule has 20 heavy (non-hydrogen) atoms. The molecular weight excluding hydrogens is 254 g/mol. The molecule has 0 saturated carbocycles. The molecule has 2 heterocycles. The molecule has 2 aliphatic rings. The molecule has 0 fully saturated rings. The molecule has 0 aromatic heterocycles. The van der Waals surface area contributed by atoms with Gasteiger partial charge in [-0.05, 0) is 6.07 Å². The molecular formula is C15H17N3O2. The van der Waals surface area contributed by atoms with Crippen molar-refractivity contribution in [1.29, 1.82) is 0 Å². The number of rotatable bonds is 2. The summed E-state index contributed by atoms with van der Waals surface area (Å²) in [4.78, 5) is 17.8. The first kappa shape index (κ1) is 12.7. The minimum absolute atomic E-state index is 0.0209. The van der Waals surface area contributed by atoms with Gasteiger partial charge in [0.05, 0.1) is 6.61 Å². The van der Waals surface area contributed by atoms with E-state index >= 15 is 0 Å². The number of urea groups is 1. The van der Waals surface area contributed by atoms with Crippen LogP contribution in [0.4, 0.5) is 4.79 Å². The monoisotopic (exact) mass is 271 g/mol. The lowest BCUT2D eigenvalue weighted by Gasteiger charge is -2.45. The van der Waals surface area contributed by atoms with E-state index < -0.39 is 5.54 Å². The molecule has 2 aliphatic heterocycles. The van der Waals surface area contributed by atoms with Crippen LogP contribution in [0.25, 0.3) is 0 Å². The molecule has 0 saturated heterocycles. The number of hydrogen-bond acceptors (Lipinski definition) is 3. The SMILES string of the molecule is C=CCN1C(=O)N=C(N)C12c1ccccc1OCC2C. The number of fused-ring (bicyclic) bond motifs is 2. The molecule has 5 heteroatoms. The predicted molar refractivity (Wildman–Crippen MR) is 76.7 cm³/mol. The molecule has 0 bridgehead atoms. The van der Waals surface area contributed by atoms with Crippen molar-refractivity contribution in [2.45, 2.75) is 12.5 Å². The summed E-state index contributed by atoms with van der Waals surface area (Å²) >= 11 is 0. The maximum Gasteiger partial charge on any atom is 0.346 e. The number of para-hydroxylation sites is 1. The highest BCUT2D eigenvalue weighted by molar-refractivity contribution is 6.07. The summed E-state index contributed by atoms with van der Waals surface area (Å²) in [6.45, 7) is 6.65. The van der Waals surface area contributed by atoms with Gasteiger partial charge in [-0.15, -0.1) is 6.58 Å². The number of hydrogen-bond donors (Lipinski definition) is 1. The van der Waals surface area contributed by atoms with E-state index in [9.17, 15) is 4.79 Å². The Morgan fingerprint density at radius 2 is 2.35 bits per heavy atom. The summed E-state index contributed by atoms with van der Waals surface area (Å²) in [5.41, 5.74) is 6.33. The zero-order valence-electron chi connectivity index (χ0n) is 11.4. The van der Waals surface area contributed by atoms with E-state index in [0.717, 1.165) is 11.3 Å².